The molecule has 0 saturated carbocycles. The molecule has 0 aliphatic carbocycles. The van der Waals surface area contributed by atoms with E-state index in [-0.39, 0.29) is 29.0 Å². The zero-order valence-corrected chi connectivity index (χ0v) is 14.3. The predicted molar refractivity (Wildman–Crippen MR) is 92.4 cm³/mol. The molecular weight excluding hydrogens is 361 g/mol. The number of hydrogen-bond donors (Lipinski definition) is 1. The second kappa shape index (κ2) is 5.55. The number of carbonyl (C=O) groups excluding carboxylic acids is 1. The number of fused-ring (bicyclic) bond motifs is 4. The first-order chi connectivity index (χ1) is 12.2. The summed E-state index contributed by atoms with van der Waals surface area (Å²) in [5.41, 5.74) is 0.788. The number of carbonyl (C=O) groups is 1. The summed E-state index contributed by atoms with van der Waals surface area (Å²) >= 11 is 0. The Balaban J connectivity index is 1.91. The summed E-state index contributed by atoms with van der Waals surface area (Å²) in [6, 6.07) is 8.32. The number of ketones is 1. The van der Waals surface area contributed by atoms with Crippen molar-refractivity contribution in [3.8, 4) is 5.69 Å². The third-order valence-corrected chi connectivity index (χ3v) is 4.79. The maximum absolute atomic E-state index is 13.5. The van der Waals surface area contributed by atoms with E-state index < -0.39 is 27.2 Å². The molecule has 2 heterocycles. The van der Waals surface area contributed by atoms with E-state index in [1.807, 2.05) is 0 Å². The number of aromatic nitrogens is 2. The highest BCUT2D eigenvalue weighted by molar-refractivity contribution is 7.88. The Morgan fingerprint density at radius 1 is 1.15 bits per heavy atom. The normalized spacial score (nSPS) is 13.1. The van der Waals surface area contributed by atoms with Crippen LogP contribution in [0.2, 0.25) is 0 Å². The van der Waals surface area contributed by atoms with E-state index in [9.17, 15) is 22.4 Å². The quantitative estimate of drug-likeness (QED) is 0.580. The highest BCUT2D eigenvalue weighted by atomic mass is 32.2. The number of rotatable bonds is 3. The molecule has 0 atom stereocenters. The van der Waals surface area contributed by atoms with Gasteiger partial charge in [-0.15, -0.1) is 0 Å². The third kappa shape index (κ3) is 2.61. The van der Waals surface area contributed by atoms with Gasteiger partial charge in [0.2, 0.25) is 15.8 Å². The zero-order chi connectivity index (χ0) is 18.6. The SMILES string of the molecule is CS(=O)(=O)NCc1ccc2nc3n(c(=O)c2c1)-c1ccc(F)cc1C3=O. The molecule has 7 nitrogen and oxygen atoms in total. The van der Waals surface area contributed by atoms with E-state index in [0.29, 0.717) is 11.1 Å². The third-order valence-electron chi connectivity index (χ3n) is 4.12. The molecule has 0 spiro atoms. The van der Waals surface area contributed by atoms with E-state index in [4.69, 9.17) is 0 Å². The van der Waals surface area contributed by atoms with Gasteiger partial charge in [0.15, 0.2) is 5.82 Å². The maximum atomic E-state index is 13.5. The molecule has 4 rings (SSSR count). The van der Waals surface area contributed by atoms with E-state index in [1.165, 1.54) is 18.2 Å². The van der Waals surface area contributed by atoms with Gasteiger partial charge in [-0.05, 0) is 35.9 Å². The van der Waals surface area contributed by atoms with Gasteiger partial charge in [-0.1, -0.05) is 6.07 Å². The van der Waals surface area contributed by atoms with Crippen molar-refractivity contribution in [2.45, 2.75) is 6.54 Å². The maximum Gasteiger partial charge on any atom is 0.266 e. The first-order valence-electron chi connectivity index (χ1n) is 7.59. The van der Waals surface area contributed by atoms with Gasteiger partial charge in [0.05, 0.1) is 28.4 Å². The monoisotopic (exact) mass is 373 g/mol. The van der Waals surface area contributed by atoms with Crippen molar-refractivity contribution in [1.82, 2.24) is 14.3 Å². The van der Waals surface area contributed by atoms with Crippen LogP contribution < -0.4 is 10.3 Å². The van der Waals surface area contributed by atoms with E-state index in [1.54, 1.807) is 12.1 Å². The molecule has 0 unspecified atom stereocenters. The molecule has 3 aromatic rings. The van der Waals surface area contributed by atoms with Crippen LogP contribution in [0.3, 0.4) is 0 Å². The Morgan fingerprint density at radius 2 is 1.92 bits per heavy atom. The molecular formula is C17H12FN3O4S. The van der Waals surface area contributed by atoms with Gasteiger partial charge in [-0.25, -0.2) is 22.5 Å². The van der Waals surface area contributed by atoms with Gasteiger partial charge in [0, 0.05) is 6.54 Å². The van der Waals surface area contributed by atoms with Crippen LogP contribution in [0.5, 0.6) is 0 Å². The molecule has 0 radical (unpaired) electrons. The van der Waals surface area contributed by atoms with Crippen LogP contribution >= 0.6 is 0 Å². The Hall–Kier alpha value is -2.91. The molecule has 2 aromatic carbocycles. The van der Waals surface area contributed by atoms with E-state index in [0.717, 1.165) is 16.9 Å². The Labute approximate surface area is 147 Å². The molecule has 1 aromatic heterocycles. The van der Waals surface area contributed by atoms with E-state index in [2.05, 4.69) is 9.71 Å². The van der Waals surface area contributed by atoms with Gasteiger partial charge in [-0.3, -0.25) is 14.2 Å². The van der Waals surface area contributed by atoms with Crippen molar-refractivity contribution < 1.29 is 17.6 Å². The fourth-order valence-electron chi connectivity index (χ4n) is 2.94. The Bertz CT molecular complexity index is 1260. The standard InChI is InChI=1S/C17H12FN3O4S/c1-26(24,25)19-8-9-2-4-13-11(6-9)17(23)21-14-5-3-10(18)7-12(14)15(22)16(21)20-13/h2-7,19H,8H2,1H3. The van der Waals surface area contributed by atoms with Crippen LogP contribution in [0.1, 0.15) is 21.7 Å². The molecule has 0 bridgehead atoms. The van der Waals surface area contributed by atoms with Gasteiger partial charge in [0.25, 0.3) is 5.56 Å². The van der Waals surface area contributed by atoms with Gasteiger partial charge >= 0.3 is 0 Å². The van der Waals surface area contributed by atoms with Crippen LogP contribution in [0, 0.1) is 5.82 Å². The van der Waals surface area contributed by atoms with Gasteiger partial charge in [0.1, 0.15) is 5.82 Å². The largest absolute Gasteiger partial charge is 0.285 e. The zero-order valence-electron chi connectivity index (χ0n) is 13.5. The molecule has 26 heavy (non-hydrogen) atoms. The fraction of sp³-hybridized carbons (Fsp3) is 0.118. The molecule has 0 amide bonds. The minimum Gasteiger partial charge on any atom is -0.285 e. The highest BCUT2D eigenvalue weighted by Crippen LogP contribution is 2.27. The van der Waals surface area contributed by atoms with Crippen LogP contribution in [0.25, 0.3) is 16.6 Å². The first-order valence-corrected chi connectivity index (χ1v) is 9.49. The average molecular weight is 373 g/mol. The topological polar surface area (TPSA) is 98.1 Å². The van der Waals surface area contributed by atoms with Crippen LogP contribution in [-0.2, 0) is 16.6 Å². The number of benzene rings is 2. The number of nitrogens with zero attached hydrogens (tertiary/aromatic N) is 2. The fourth-order valence-corrected chi connectivity index (χ4v) is 3.37. The second-order valence-electron chi connectivity index (χ2n) is 6.01. The first kappa shape index (κ1) is 16.6. The lowest BCUT2D eigenvalue weighted by Crippen LogP contribution is -2.23. The van der Waals surface area contributed by atoms with Crippen LogP contribution in [0.4, 0.5) is 4.39 Å². The summed E-state index contributed by atoms with van der Waals surface area (Å²) in [5.74, 6) is -1.15. The predicted octanol–water partition coefficient (Wildman–Crippen LogP) is 1.12. The number of sulfonamides is 1. The summed E-state index contributed by atoms with van der Waals surface area (Å²) in [6.45, 7) is 0.0245. The molecule has 1 aliphatic heterocycles. The molecule has 1 N–H and O–H groups in total. The molecule has 132 valence electrons. The number of nitrogens with one attached hydrogen (secondary N) is 1. The minimum absolute atomic E-state index is 0.0245. The lowest BCUT2D eigenvalue weighted by Gasteiger charge is -2.07. The van der Waals surface area contributed by atoms with Crippen LogP contribution in [-0.4, -0.2) is 30.0 Å². The Kier molecular flexibility index (Phi) is 3.53. The summed E-state index contributed by atoms with van der Waals surface area (Å²) < 4.78 is 39.4. The van der Waals surface area contributed by atoms with Gasteiger partial charge in [-0.2, -0.15) is 0 Å². The van der Waals surface area contributed by atoms with Crippen molar-refractivity contribution in [2.75, 3.05) is 6.26 Å². The average Bonchev–Trinajstić information content (AvgIpc) is 2.85. The smallest absolute Gasteiger partial charge is 0.266 e. The number of hydrogen-bond acceptors (Lipinski definition) is 5. The van der Waals surface area contributed by atoms with Crippen molar-refractivity contribution in [3.63, 3.8) is 0 Å². The molecule has 1 aliphatic rings. The van der Waals surface area contributed by atoms with Crippen molar-refractivity contribution in [1.29, 1.82) is 0 Å². The summed E-state index contributed by atoms with van der Waals surface area (Å²) in [6.07, 6.45) is 1.04. The van der Waals surface area contributed by atoms with Gasteiger partial charge < -0.3 is 0 Å². The number of halogens is 1. The lowest BCUT2D eigenvalue weighted by atomic mass is 10.1. The van der Waals surface area contributed by atoms with Crippen molar-refractivity contribution in [2.24, 2.45) is 0 Å². The molecule has 9 heteroatoms. The molecule has 0 fully saturated rings. The Morgan fingerprint density at radius 3 is 2.65 bits per heavy atom. The van der Waals surface area contributed by atoms with Crippen LogP contribution in [0.15, 0.2) is 41.2 Å². The van der Waals surface area contributed by atoms with E-state index >= 15 is 0 Å². The summed E-state index contributed by atoms with van der Waals surface area (Å²) in [4.78, 5) is 29.6. The minimum atomic E-state index is -3.38. The summed E-state index contributed by atoms with van der Waals surface area (Å²) in [5, 5.41) is 0.242. The second-order valence-corrected chi connectivity index (χ2v) is 7.84. The molecule has 0 saturated heterocycles. The van der Waals surface area contributed by atoms with Crippen molar-refractivity contribution >= 4 is 26.7 Å². The lowest BCUT2D eigenvalue weighted by molar-refractivity contribution is 0.103. The summed E-state index contributed by atoms with van der Waals surface area (Å²) in [7, 11) is -3.38. The highest BCUT2D eigenvalue weighted by Gasteiger charge is 2.30. The van der Waals surface area contributed by atoms with Crippen molar-refractivity contribution in [3.05, 3.63) is 69.5 Å².